The van der Waals surface area contributed by atoms with Gasteiger partial charge in [-0.1, -0.05) is 6.07 Å². The fraction of sp³-hybridized carbons (Fsp3) is 0.188. The largest absolute Gasteiger partial charge is 0.305 e. The Hall–Kier alpha value is -2.21. The second-order valence-electron chi connectivity index (χ2n) is 5.28. The third-order valence-electron chi connectivity index (χ3n) is 3.35. The molecule has 5 nitrogen and oxygen atoms in total. The molecule has 6 heteroatoms. The van der Waals surface area contributed by atoms with Crippen LogP contribution in [0, 0.1) is 20.8 Å². The van der Waals surface area contributed by atoms with Crippen molar-refractivity contribution in [2.45, 2.75) is 20.8 Å². The molecule has 0 spiro atoms. The van der Waals surface area contributed by atoms with Gasteiger partial charge in [-0.05, 0) is 60.0 Å². The Morgan fingerprint density at radius 2 is 2.00 bits per heavy atom. The topological polar surface area (TPSA) is 59.3 Å². The van der Waals surface area contributed by atoms with Crippen LogP contribution in [-0.2, 0) is 0 Å². The summed E-state index contributed by atoms with van der Waals surface area (Å²) in [6.45, 7) is 5.75. The van der Waals surface area contributed by atoms with Crippen LogP contribution in [0.4, 0.5) is 5.82 Å². The van der Waals surface area contributed by atoms with Gasteiger partial charge in [-0.15, -0.1) is 0 Å². The normalized spacial score (nSPS) is 10.9. The number of hydrogen-bond acceptors (Lipinski definition) is 3. The number of imidazole rings is 1. The van der Waals surface area contributed by atoms with Crippen LogP contribution in [0.1, 0.15) is 27.3 Å². The van der Waals surface area contributed by atoms with Gasteiger partial charge in [-0.2, -0.15) is 0 Å². The summed E-state index contributed by atoms with van der Waals surface area (Å²) < 4.78 is 2.67. The summed E-state index contributed by atoms with van der Waals surface area (Å²) in [5, 5.41) is 2.82. The van der Waals surface area contributed by atoms with Crippen molar-refractivity contribution in [3.63, 3.8) is 0 Å². The molecule has 1 amide bonds. The Labute approximate surface area is 136 Å². The predicted octanol–water partition coefficient (Wildman–Crippen LogP) is 3.67. The first kappa shape index (κ1) is 14.7. The quantitative estimate of drug-likeness (QED) is 0.760. The lowest BCUT2D eigenvalue weighted by Crippen LogP contribution is -2.16. The lowest BCUT2D eigenvalue weighted by molar-refractivity contribution is 0.102. The molecule has 1 N–H and O–H groups in total. The van der Waals surface area contributed by atoms with Crippen molar-refractivity contribution in [1.29, 1.82) is 0 Å². The third kappa shape index (κ3) is 2.62. The summed E-state index contributed by atoms with van der Waals surface area (Å²) in [5.41, 5.74) is 4.01. The van der Waals surface area contributed by atoms with Gasteiger partial charge in [0.15, 0.2) is 5.65 Å². The number of carbonyl (C=O) groups is 1. The standard InChI is InChI=1S/C16H15BrN4O/c1-9-4-5-13(18-7-9)20-16(22)14-11(3)19-15-12(17)6-10(2)8-21(14)15/h4-8H,1-3H3,(H,18,20,22). The Kier molecular flexibility index (Phi) is 3.70. The number of anilines is 1. The smallest absolute Gasteiger partial charge is 0.275 e. The first-order chi connectivity index (χ1) is 10.5. The number of carbonyl (C=O) groups excluding carboxylic acids is 1. The van der Waals surface area contributed by atoms with Crippen molar-refractivity contribution in [3.8, 4) is 0 Å². The Morgan fingerprint density at radius 3 is 2.68 bits per heavy atom. The van der Waals surface area contributed by atoms with Gasteiger partial charge in [0, 0.05) is 12.4 Å². The highest BCUT2D eigenvalue weighted by atomic mass is 79.9. The van der Waals surface area contributed by atoms with Crippen LogP contribution < -0.4 is 5.32 Å². The van der Waals surface area contributed by atoms with Crippen LogP contribution in [-0.4, -0.2) is 20.3 Å². The van der Waals surface area contributed by atoms with Crippen LogP contribution in [0.15, 0.2) is 35.1 Å². The van der Waals surface area contributed by atoms with Gasteiger partial charge in [0.25, 0.3) is 5.91 Å². The molecule has 0 aliphatic rings. The Bertz CT molecular complexity index is 868. The Balaban J connectivity index is 2.03. The Morgan fingerprint density at radius 1 is 1.23 bits per heavy atom. The molecule has 0 aliphatic carbocycles. The molecule has 0 fully saturated rings. The van der Waals surface area contributed by atoms with E-state index in [1.165, 1.54) is 0 Å². The third-order valence-corrected chi connectivity index (χ3v) is 3.94. The number of rotatable bonds is 2. The molecule has 3 aromatic rings. The van der Waals surface area contributed by atoms with Gasteiger partial charge in [-0.25, -0.2) is 9.97 Å². The molecule has 0 aromatic carbocycles. The minimum absolute atomic E-state index is 0.223. The number of fused-ring (bicyclic) bond motifs is 1. The highest BCUT2D eigenvalue weighted by Gasteiger charge is 2.18. The lowest BCUT2D eigenvalue weighted by Gasteiger charge is -2.06. The van der Waals surface area contributed by atoms with E-state index in [0.29, 0.717) is 17.2 Å². The molecule has 0 bridgehead atoms. The second-order valence-corrected chi connectivity index (χ2v) is 6.13. The van der Waals surface area contributed by atoms with E-state index in [9.17, 15) is 4.79 Å². The molecule has 0 saturated heterocycles. The van der Waals surface area contributed by atoms with Crippen molar-refractivity contribution in [1.82, 2.24) is 14.4 Å². The number of aromatic nitrogens is 3. The van der Waals surface area contributed by atoms with Gasteiger partial charge in [0.05, 0.1) is 10.2 Å². The van der Waals surface area contributed by atoms with Gasteiger partial charge >= 0.3 is 0 Å². The van der Waals surface area contributed by atoms with Crippen molar-refractivity contribution in [2.24, 2.45) is 0 Å². The van der Waals surface area contributed by atoms with E-state index in [1.807, 2.05) is 39.1 Å². The van der Waals surface area contributed by atoms with E-state index < -0.39 is 0 Å². The van der Waals surface area contributed by atoms with E-state index in [0.717, 1.165) is 21.2 Å². The van der Waals surface area contributed by atoms with Crippen molar-refractivity contribution < 1.29 is 4.79 Å². The van der Waals surface area contributed by atoms with E-state index in [4.69, 9.17) is 0 Å². The predicted molar refractivity (Wildman–Crippen MR) is 89.3 cm³/mol. The number of halogens is 1. The molecule has 0 atom stereocenters. The maximum absolute atomic E-state index is 12.6. The molecule has 0 aliphatic heterocycles. The molecule has 112 valence electrons. The summed E-state index contributed by atoms with van der Waals surface area (Å²) in [5.74, 6) is 0.301. The van der Waals surface area contributed by atoms with Gasteiger partial charge < -0.3 is 5.32 Å². The highest BCUT2D eigenvalue weighted by Crippen LogP contribution is 2.22. The zero-order valence-corrected chi connectivity index (χ0v) is 14.1. The molecule has 0 saturated carbocycles. The summed E-state index contributed by atoms with van der Waals surface area (Å²) in [7, 11) is 0. The number of amides is 1. The lowest BCUT2D eigenvalue weighted by atomic mass is 10.3. The number of hydrogen-bond donors (Lipinski definition) is 1. The summed E-state index contributed by atoms with van der Waals surface area (Å²) in [6.07, 6.45) is 3.62. The van der Waals surface area contributed by atoms with Crippen LogP contribution in [0.2, 0.25) is 0 Å². The molecular formula is C16H15BrN4O. The van der Waals surface area contributed by atoms with Gasteiger partial charge in [0.1, 0.15) is 11.5 Å². The fourth-order valence-corrected chi connectivity index (χ4v) is 2.98. The average Bonchev–Trinajstić information content (AvgIpc) is 2.78. The van der Waals surface area contributed by atoms with Crippen LogP contribution in [0.3, 0.4) is 0 Å². The van der Waals surface area contributed by atoms with Gasteiger partial charge in [-0.3, -0.25) is 9.20 Å². The maximum atomic E-state index is 12.6. The van der Waals surface area contributed by atoms with E-state index in [2.05, 4.69) is 31.2 Å². The molecule has 0 radical (unpaired) electrons. The molecule has 0 unspecified atom stereocenters. The average molecular weight is 359 g/mol. The second kappa shape index (κ2) is 5.53. The van der Waals surface area contributed by atoms with E-state index in [-0.39, 0.29) is 5.91 Å². The maximum Gasteiger partial charge on any atom is 0.275 e. The van der Waals surface area contributed by atoms with Crippen LogP contribution in [0.25, 0.3) is 5.65 Å². The van der Waals surface area contributed by atoms with E-state index >= 15 is 0 Å². The number of pyridine rings is 2. The zero-order valence-electron chi connectivity index (χ0n) is 12.5. The molecule has 3 aromatic heterocycles. The minimum atomic E-state index is -0.223. The van der Waals surface area contributed by atoms with Crippen molar-refractivity contribution in [2.75, 3.05) is 5.32 Å². The van der Waals surface area contributed by atoms with Crippen LogP contribution >= 0.6 is 15.9 Å². The van der Waals surface area contributed by atoms with Gasteiger partial charge in [0.2, 0.25) is 0 Å². The van der Waals surface area contributed by atoms with Crippen molar-refractivity contribution in [3.05, 3.63) is 57.6 Å². The molecule has 3 heterocycles. The summed E-state index contributed by atoms with van der Waals surface area (Å²) in [4.78, 5) is 21.3. The first-order valence-electron chi connectivity index (χ1n) is 6.84. The summed E-state index contributed by atoms with van der Waals surface area (Å²) in [6, 6.07) is 5.67. The van der Waals surface area contributed by atoms with E-state index in [1.54, 1.807) is 16.7 Å². The zero-order chi connectivity index (χ0) is 15.9. The monoisotopic (exact) mass is 358 g/mol. The number of nitrogens with zero attached hydrogens (tertiary/aromatic N) is 3. The minimum Gasteiger partial charge on any atom is -0.305 e. The summed E-state index contributed by atoms with van der Waals surface area (Å²) >= 11 is 3.49. The SMILES string of the molecule is Cc1ccc(NC(=O)c2c(C)nc3c(Br)cc(C)cn23)nc1. The van der Waals surface area contributed by atoms with Crippen molar-refractivity contribution >= 4 is 33.3 Å². The molecule has 3 rings (SSSR count). The van der Waals surface area contributed by atoms with Crippen LogP contribution in [0.5, 0.6) is 0 Å². The molecular weight excluding hydrogens is 344 g/mol. The molecule has 22 heavy (non-hydrogen) atoms. The fourth-order valence-electron chi connectivity index (χ4n) is 2.34. The number of nitrogens with one attached hydrogen (secondary N) is 1. The first-order valence-corrected chi connectivity index (χ1v) is 7.64. The highest BCUT2D eigenvalue weighted by molar-refractivity contribution is 9.10. The number of aryl methyl sites for hydroxylation is 3.